The first-order chi connectivity index (χ1) is 14.2. The molecule has 0 atom stereocenters. The molecule has 0 amide bonds. The van der Waals surface area contributed by atoms with Crippen LogP contribution in [0, 0.1) is 6.92 Å². The Kier molecular flexibility index (Phi) is 5.89. The van der Waals surface area contributed by atoms with E-state index in [1.165, 1.54) is 12.8 Å². The lowest BCUT2D eigenvalue weighted by Crippen LogP contribution is -2.02. The number of hydrogen-bond donors (Lipinski definition) is 0. The highest BCUT2D eigenvalue weighted by Gasteiger charge is 2.26. The fourth-order valence-corrected chi connectivity index (χ4v) is 3.07. The van der Waals surface area contributed by atoms with Crippen molar-refractivity contribution in [1.29, 1.82) is 0 Å². The number of aromatic nitrogens is 4. The monoisotopic (exact) mass is 387 g/mol. The Morgan fingerprint density at radius 2 is 1.86 bits per heavy atom. The molecule has 3 aromatic rings. The molecule has 0 unspecified atom stereocenters. The van der Waals surface area contributed by atoms with E-state index in [-0.39, 0.29) is 0 Å². The predicted molar refractivity (Wildman–Crippen MR) is 113 cm³/mol. The average Bonchev–Trinajstić information content (AvgIpc) is 3.59. The van der Waals surface area contributed by atoms with Crippen LogP contribution in [0.5, 0.6) is 0 Å². The molecule has 1 aliphatic carbocycles. The molecule has 0 aromatic carbocycles. The normalized spacial score (nSPS) is 14.1. The van der Waals surface area contributed by atoms with E-state index in [1.807, 2.05) is 62.5 Å². The maximum absolute atomic E-state index is 5.47. The minimum absolute atomic E-state index is 0.536. The van der Waals surface area contributed by atoms with Gasteiger partial charge in [0.25, 0.3) is 0 Å². The van der Waals surface area contributed by atoms with Crippen LogP contribution in [0.25, 0.3) is 11.4 Å². The molecule has 0 radical (unpaired) electrons. The maximum atomic E-state index is 5.47. The zero-order valence-electron chi connectivity index (χ0n) is 16.9. The van der Waals surface area contributed by atoms with E-state index in [0.717, 1.165) is 52.8 Å². The summed E-state index contributed by atoms with van der Waals surface area (Å²) in [6.07, 6.45) is 5.89. The van der Waals surface area contributed by atoms with Gasteiger partial charge in [-0.2, -0.15) is 0 Å². The average molecular weight is 387 g/mol. The van der Waals surface area contributed by atoms with Crippen LogP contribution in [0.1, 0.15) is 55.0 Å². The molecule has 0 spiro atoms. The number of rotatable bonds is 8. The molecule has 3 heterocycles. The zero-order chi connectivity index (χ0) is 20.1. The minimum atomic E-state index is 0.536. The molecule has 6 heteroatoms. The lowest BCUT2D eigenvalue weighted by Gasteiger charge is -2.06. The van der Waals surface area contributed by atoms with Crippen molar-refractivity contribution in [2.45, 2.75) is 45.4 Å². The molecule has 1 aliphatic rings. The smallest absolute Gasteiger partial charge is 0.132 e. The molecule has 29 heavy (non-hydrogen) atoms. The number of pyridine rings is 2. The molecule has 0 aliphatic heterocycles. The lowest BCUT2D eigenvalue weighted by molar-refractivity contribution is 0.141. The topological polar surface area (TPSA) is 73.2 Å². The van der Waals surface area contributed by atoms with Crippen molar-refractivity contribution in [3.05, 3.63) is 71.6 Å². The molecule has 0 saturated heterocycles. The highest BCUT2D eigenvalue weighted by molar-refractivity contribution is 5.96. The second-order valence-corrected chi connectivity index (χ2v) is 7.37. The van der Waals surface area contributed by atoms with E-state index >= 15 is 0 Å². The molecule has 4 rings (SSSR count). The van der Waals surface area contributed by atoms with Gasteiger partial charge in [-0.05, 0) is 69.9 Å². The van der Waals surface area contributed by atoms with Gasteiger partial charge in [0.1, 0.15) is 18.1 Å². The third kappa shape index (κ3) is 5.22. The van der Waals surface area contributed by atoms with Gasteiger partial charge < -0.3 is 4.84 Å². The van der Waals surface area contributed by atoms with Crippen molar-refractivity contribution < 1.29 is 4.84 Å². The van der Waals surface area contributed by atoms with Crippen LogP contribution in [0.15, 0.2) is 53.8 Å². The quantitative estimate of drug-likeness (QED) is 0.323. The molecule has 148 valence electrons. The molecule has 6 nitrogen and oxygen atoms in total. The van der Waals surface area contributed by atoms with E-state index in [1.54, 1.807) is 0 Å². The SMILES string of the molecule is C/C(=N\OCCCc1cccc(-c2ccnc(C3CC3)n2)n1)c1cccc(C)n1. The van der Waals surface area contributed by atoms with Gasteiger partial charge in [-0.1, -0.05) is 17.3 Å². The van der Waals surface area contributed by atoms with Crippen molar-refractivity contribution in [3.8, 4) is 11.4 Å². The fourth-order valence-electron chi connectivity index (χ4n) is 3.07. The highest BCUT2D eigenvalue weighted by atomic mass is 16.6. The molecule has 0 N–H and O–H groups in total. The summed E-state index contributed by atoms with van der Waals surface area (Å²) in [7, 11) is 0. The predicted octanol–water partition coefficient (Wildman–Crippen LogP) is 4.49. The van der Waals surface area contributed by atoms with Crippen LogP contribution in [-0.4, -0.2) is 32.3 Å². The lowest BCUT2D eigenvalue weighted by atomic mass is 10.2. The van der Waals surface area contributed by atoms with Crippen LogP contribution in [0.2, 0.25) is 0 Å². The highest BCUT2D eigenvalue weighted by Crippen LogP contribution is 2.38. The molecule has 3 aromatic heterocycles. The second-order valence-electron chi connectivity index (χ2n) is 7.37. The van der Waals surface area contributed by atoms with Gasteiger partial charge in [-0.15, -0.1) is 0 Å². The van der Waals surface area contributed by atoms with Crippen molar-refractivity contribution in [1.82, 2.24) is 19.9 Å². The van der Waals surface area contributed by atoms with Crippen molar-refractivity contribution >= 4 is 5.71 Å². The standard InChI is InChI=1S/C23H25N5O/c1-16-6-3-9-20(25-16)17(2)28-29-15-5-8-19-7-4-10-21(26-19)22-13-14-24-23(27-22)18-11-12-18/h3-4,6-7,9-10,13-14,18H,5,8,11-12,15H2,1-2H3/b28-17+. The van der Waals surface area contributed by atoms with Crippen molar-refractivity contribution in [2.24, 2.45) is 5.16 Å². The number of nitrogens with zero attached hydrogens (tertiary/aromatic N) is 5. The third-order valence-corrected chi connectivity index (χ3v) is 4.81. The minimum Gasteiger partial charge on any atom is -0.396 e. The summed E-state index contributed by atoms with van der Waals surface area (Å²) in [5.74, 6) is 1.48. The summed E-state index contributed by atoms with van der Waals surface area (Å²) < 4.78 is 0. The van der Waals surface area contributed by atoms with E-state index in [2.05, 4.69) is 20.1 Å². The second kappa shape index (κ2) is 8.90. The third-order valence-electron chi connectivity index (χ3n) is 4.81. The number of hydrogen-bond acceptors (Lipinski definition) is 6. The molecule has 1 saturated carbocycles. The maximum Gasteiger partial charge on any atom is 0.132 e. The number of aryl methyl sites for hydroxylation is 2. The first-order valence-corrected chi connectivity index (χ1v) is 10.1. The summed E-state index contributed by atoms with van der Waals surface area (Å²) >= 11 is 0. The van der Waals surface area contributed by atoms with Gasteiger partial charge in [0.05, 0.1) is 17.1 Å². The summed E-state index contributed by atoms with van der Waals surface area (Å²) in [5.41, 5.74) is 5.41. The summed E-state index contributed by atoms with van der Waals surface area (Å²) in [6.45, 7) is 4.41. The fraction of sp³-hybridized carbons (Fsp3) is 0.348. The van der Waals surface area contributed by atoms with Crippen LogP contribution < -0.4 is 0 Å². The van der Waals surface area contributed by atoms with Gasteiger partial charge in [-0.25, -0.2) is 9.97 Å². The largest absolute Gasteiger partial charge is 0.396 e. The molecular formula is C23H25N5O. The first-order valence-electron chi connectivity index (χ1n) is 10.1. The van der Waals surface area contributed by atoms with Gasteiger partial charge in [0.15, 0.2) is 0 Å². The summed E-state index contributed by atoms with van der Waals surface area (Å²) in [4.78, 5) is 23.8. The number of oxime groups is 1. The first kappa shape index (κ1) is 19.2. The van der Waals surface area contributed by atoms with Gasteiger partial charge in [0, 0.05) is 23.5 Å². The Balaban J connectivity index is 1.31. The van der Waals surface area contributed by atoms with E-state index in [9.17, 15) is 0 Å². The van der Waals surface area contributed by atoms with Crippen LogP contribution in [0.4, 0.5) is 0 Å². The Bertz CT molecular complexity index is 1010. The van der Waals surface area contributed by atoms with Crippen LogP contribution in [0.3, 0.4) is 0 Å². The Labute approximate surface area is 171 Å². The molecule has 1 fully saturated rings. The Hall–Kier alpha value is -3.15. The van der Waals surface area contributed by atoms with E-state index < -0.39 is 0 Å². The summed E-state index contributed by atoms with van der Waals surface area (Å²) in [6, 6.07) is 13.9. The van der Waals surface area contributed by atoms with Gasteiger partial charge in [-0.3, -0.25) is 9.97 Å². The summed E-state index contributed by atoms with van der Waals surface area (Å²) in [5, 5.41) is 4.18. The molecular weight excluding hydrogens is 362 g/mol. The van der Waals surface area contributed by atoms with Crippen molar-refractivity contribution in [3.63, 3.8) is 0 Å². The zero-order valence-corrected chi connectivity index (χ0v) is 16.9. The van der Waals surface area contributed by atoms with E-state index in [4.69, 9.17) is 9.82 Å². The van der Waals surface area contributed by atoms with E-state index in [0.29, 0.717) is 12.5 Å². The Morgan fingerprint density at radius 3 is 2.69 bits per heavy atom. The van der Waals surface area contributed by atoms with Gasteiger partial charge in [0.2, 0.25) is 0 Å². The Morgan fingerprint density at radius 1 is 1.03 bits per heavy atom. The van der Waals surface area contributed by atoms with Gasteiger partial charge >= 0.3 is 0 Å². The van der Waals surface area contributed by atoms with Crippen LogP contribution >= 0.6 is 0 Å². The molecule has 0 bridgehead atoms. The van der Waals surface area contributed by atoms with Crippen LogP contribution in [-0.2, 0) is 11.3 Å². The van der Waals surface area contributed by atoms with Crippen molar-refractivity contribution in [2.75, 3.05) is 6.61 Å².